The van der Waals surface area contributed by atoms with E-state index in [2.05, 4.69) is 46.9 Å². The van der Waals surface area contributed by atoms with Gasteiger partial charge in [-0.05, 0) is 61.0 Å². The lowest BCUT2D eigenvalue weighted by molar-refractivity contribution is 0.729. The molecule has 4 nitrogen and oxygen atoms in total. The van der Waals surface area contributed by atoms with Gasteiger partial charge in [0, 0.05) is 25.0 Å². The fourth-order valence-corrected chi connectivity index (χ4v) is 3.14. The molecule has 0 aliphatic carbocycles. The zero-order valence-electron chi connectivity index (χ0n) is 14.3. The number of rotatable bonds is 4. The van der Waals surface area contributed by atoms with Crippen LogP contribution in [0.1, 0.15) is 17.0 Å². The summed E-state index contributed by atoms with van der Waals surface area (Å²) in [5.74, 6) is 0. The summed E-state index contributed by atoms with van der Waals surface area (Å²) in [6.07, 6.45) is 0.908. The lowest BCUT2D eigenvalue weighted by atomic mass is 10.1. The smallest absolute Gasteiger partial charge is 0.170 e. The standard InChI is InChI=1S/C19H22N4S/c1-13-18(14(2)23(3)22-13)10-11-20-19(24)21-17-9-8-15-6-4-5-7-16(15)12-17/h4-9,12H,10-11H2,1-3H3,(H2,20,21,24). The third kappa shape index (κ3) is 3.57. The number of aromatic nitrogens is 2. The van der Waals surface area contributed by atoms with Crippen molar-refractivity contribution in [2.45, 2.75) is 20.3 Å². The van der Waals surface area contributed by atoms with Gasteiger partial charge >= 0.3 is 0 Å². The van der Waals surface area contributed by atoms with E-state index in [1.807, 2.05) is 36.9 Å². The number of hydrogen-bond acceptors (Lipinski definition) is 2. The van der Waals surface area contributed by atoms with Crippen molar-refractivity contribution < 1.29 is 0 Å². The molecular weight excluding hydrogens is 316 g/mol. The lowest BCUT2D eigenvalue weighted by Gasteiger charge is -2.11. The quantitative estimate of drug-likeness (QED) is 0.712. The molecule has 1 heterocycles. The predicted molar refractivity (Wildman–Crippen MR) is 105 cm³/mol. The number of nitrogens with zero attached hydrogens (tertiary/aromatic N) is 2. The van der Waals surface area contributed by atoms with Crippen LogP contribution in [0.2, 0.25) is 0 Å². The summed E-state index contributed by atoms with van der Waals surface area (Å²) in [6.45, 7) is 4.93. The minimum absolute atomic E-state index is 0.643. The Bertz CT molecular complexity index is 882. The van der Waals surface area contributed by atoms with Crippen LogP contribution in [0.15, 0.2) is 42.5 Å². The van der Waals surface area contributed by atoms with Gasteiger partial charge in [-0.2, -0.15) is 5.10 Å². The van der Waals surface area contributed by atoms with Crippen LogP contribution in [-0.2, 0) is 13.5 Å². The topological polar surface area (TPSA) is 41.9 Å². The van der Waals surface area contributed by atoms with Crippen LogP contribution in [0.4, 0.5) is 5.69 Å². The second-order valence-corrected chi connectivity index (χ2v) is 6.37. The summed E-state index contributed by atoms with van der Waals surface area (Å²) >= 11 is 5.40. The number of thiocarbonyl (C=S) groups is 1. The molecule has 0 spiro atoms. The second kappa shape index (κ2) is 7.01. The molecule has 0 unspecified atom stereocenters. The monoisotopic (exact) mass is 338 g/mol. The Balaban J connectivity index is 1.57. The molecule has 1 aromatic heterocycles. The summed E-state index contributed by atoms with van der Waals surface area (Å²) in [4.78, 5) is 0. The number of benzene rings is 2. The molecular formula is C19H22N4S. The highest BCUT2D eigenvalue weighted by Gasteiger charge is 2.09. The van der Waals surface area contributed by atoms with Gasteiger partial charge in [0.2, 0.25) is 0 Å². The van der Waals surface area contributed by atoms with Gasteiger partial charge in [-0.15, -0.1) is 0 Å². The second-order valence-electron chi connectivity index (χ2n) is 5.97. The van der Waals surface area contributed by atoms with Crippen molar-refractivity contribution in [1.29, 1.82) is 0 Å². The Morgan fingerprint density at radius 2 is 1.88 bits per heavy atom. The number of nitrogens with one attached hydrogen (secondary N) is 2. The molecule has 0 aliphatic rings. The van der Waals surface area contributed by atoms with Gasteiger partial charge in [0.05, 0.1) is 5.69 Å². The van der Waals surface area contributed by atoms with Gasteiger partial charge in [-0.1, -0.05) is 30.3 Å². The van der Waals surface area contributed by atoms with E-state index in [1.165, 1.54) is 22.0 Å². The van der Waals surface area contributed by atoms with Gasteiger partial charge in [0.1, 0.15) is 0 Å². The van der Waals surface area contributed by atoms with E-state index in [0.717, 1.165) is 24.3 Å². The molecule has 0 atom stereocenters. The predicted octanol–water partition coefficient (Wildman–Crippen LogP) is 3.72. The summed E-state index contributed by atoms with van der Waals surface area (Å²) < 4.78 is 1.93. The summed E-state index contributed by atoms with van der Waals surface area (Å²) in [5.41, 5.74) is 4.59. The number of fused-ring (bicyclic) bond motifs is 1. The van der Waals surface area contributed by atoms with Gasteiger partial charge in [0.25, 0.3) is 0 Å². The average Bonchev–Trinajstić information content (AvgIpc) is 2.81. The van der Waals surface area contributed by atoms with Crippen molar-refractivity contribution >= 4 is 33.8 Å². The van der Waals surface area contributed by atoms with Crippen molar-refractivity contribution in [3.8, 4) is 0 Å². The molecule has 0 saturated carbocycles. The van der Waals surface area contributed by atoms with Gasteiger partial charge < -0.3 is 10.6 Å². The molecule has 0 saturated heterocycles. The van der Waals surface area contributed by atoms with Crippen LogP contribution in [0.5, 0.6) is 0 Å². The maximum atomic E-state index is 5.40. The SMILES string of the molecule is Cc1nn(C)c(C)c1CCNC(=S)Nc1ccc2ccccc2c1. The van der Waals surface area contributed by atoms with Gasteiger partial charge in [-0.3, -0.25) is 4.68 Å². The van der Waals surface area contributed by atoms with Crippen molar-refractivity contribution in [2.75, 3.05) is 11.9 Å². The number of hydrogen-bond donors (Lipinski definition) is 2. The highest BCUT2D eigenvalue weighted by Crippen LogP contribution is 2.18. The van der Waals surface area contributed by atoms with E-state index >= 15 is 0 Å². The van der Waals surface area contributed by atoms with Crippen molar-refractivity contribution in [3.05, 3.63) is 59.4 Å². The normalized spacial score (nSPS) is 10.8. The summed E-state index contributed by atoms with van der Waals surface area (Å²) in [6, 6.07) is 14.6. The van der Waals surface area contributed by atoms with Crippen molar-refractivity contribution in [1.82, 2.24) is 15.1 Å². The molecule has 3 rings (SSSR count). The van der Waals surface area contributed by atoms with E-state index in [-0.39, 0.29) is 0 Å². The van der Waals surface area contributed by atoms with Crippen LogP contribution >= 0.6 is 12.2 Å². The number of aryl methyl sites for hydroxylation is 2. The first-order valence-corrected chi connectivity index (χ1v) is 8.48. The Hall–Kier alpha value is -2.40. The molecule has 2 N–H and O–H groups in total. The van der Waals surface area contributed by atoms with Crippen LogP contribution in [0.25, 0.3) is 10.8 Å². The molecule has 124 valence electrons. The fourth-order valence-electron chi connectivity index (χ4n) is 2.92. The highest BCUT2D eigenvalue weighted by molar-refractivity contribution is 7.80. The van der Waals surface area contributed by atoms with E-state index in [0.29, 0.717) is 5.11 Å². The Kier molecular flexibility index (Phi) is 4.81. The van der Waals surface area contributed by atoms with E-state index in [4.69, 9.17) is 12.2 Å². The minimum atomic E-state index is 0.643. The van der Waals surface area contributed by atoms with Crippen LogP contribution in [-0.4, -0.2) is 21.4 Å². The first-order chi connectivity index (χ1) is 11.5. The Morgan fingerprint density at radius 1 is 1.12 bits per heavy atom. The molecule has 0 amide bonds. The number of anilines is 1. The van der Waals surface area contributed by atoms with Crippen LogP contribution in [0.3, 0.4) is 0 Å². The van der Waals surface area contributed by atoms with E-state index in [1.54, 1.807) is 0 Å². The summed E-state index contributed by atoms with van der Waals surface area (Å²) in [5, 5.41) is 14.0. The molecule has 0 aliphatic heterocycles. The van der Waals surface area contributed by atoms with Crippen LogP contribution in [0, 0.1) is 13.8 Å². The van der Waals surface area contributed by atoms with Crippen molar-refractivity contribution in [3.63, 3.8) is 0 Å². The molecule has 0 radical (unpaired) electrons. The Labute approximate surface area is 147 Å². The third-order valence-corrected chi connectivity index (χ3v) is 4.57. The molecule has 5 heteroatoms. The first-order valence-electron chi connectivity index (χ1n) is 8.07. The first kappa shape index (κ1) is 16.5. The lowest BCUT2D eigenvalue weighted by Crippen LogP contribution is -2.30. The van der Waals surface area contributed by atoms with Gasteiger partial charge in [0.15, 0.2) is 5.11 Å². The van der Waals surface area contributed by atoms with Gasteiger partial charge in [-0.25, -0.2) is 0 Å². The molecule has 0 fully saturated rings. The maximum Gasteiger partial charge on any atom is 0.170 e. The molecule has 2 aromatic carbocycles. The average molecular weight is 338 g/mol. The Morgan fingerprint density at radius 3 is 2.58 bits per heavy atom. The van der Waals surface area contributed by atoms with Crippen LogP contribution < -0.4 is 10.6 Å². The summed E-state index contributed by atoms with van der Waals surface area (Å²) in [7, 11) is 1.98. The van der Waals surface area contributed by atoms with Crippen molar-refractivity contribution in [2.24, 2.45) is 7.05 Å². The van der Waals surface area contributed by atoms with E-state index < -0.39 is 0 Å². The highest BCUT2D eigenvalue weighted by atomic mass is 32.1. The largest absolute Gasteiger partial charge is 0.362 e. The zero-order valence-corrected chi connectivity index (χ0v) is 15.1. The molecule has 0 bridgehead atoms. The van der Waals surface area contributed by atoms with E-state index in [9.17, 15) is 0 Å². The zero-order chi connectivity index (χ0) is 17.1. The minimum Gasteiger partial charge on any atom is -0.362 e. The fraction of sp³-hybridized carbons (Fsp3) is 0.263. The molecule has 24 heavy (non-hydrogen) atoms. The molecule has 3 aromatic rings. The maximum absolute atomic E-state index is 5.40. The third-order valence-electron chi connectivity index (χ3n) is 4.33.